The highest BCUT2D eigenvalue weighted by atomic mass is 28.4. The van der Waals surface area contributed by atoms with Crippen molar-refractivity contribution >= 4 is 20.3 Å². The van der Waals surface area contributed by atoms with Gasteiger partial charge >= 0.3 is 11.9 Å². The Morgan fingerprint density at radius 3 is 2.05 bits per heavy atom. The predicted molar refractivity (Wildman–Crippen MR) is 71.6 cm³/mol. The standard InChI is InChI=1S/C12H18N2O4Si/c1-12(2,3)19(4,5)18-11(17)9-8(10(15)16)13-6-7-14-9/h6-7H,1-5H3,(H,15,16). The summed E-state index contributed by atoms with van der Waals surface area (Å²) in [5, 5.41) is 8.82. The van der Waals surface area contributed by atoms with Crippen LogP contribution < -0.4 is 0 Å². The largest absolute Gasteiger partial charge is 0.514 e. The Labute approximate surface area is 113 Å². The van der Waals surface area contributed by atoms with Crippen LogP contribution in [0.15, 0.2) is 12.4 Å². The monoisotopic (exact) mass is 282 g/mol. The van der Waals surface area contributed by atoms with Crippen molar-refractivity contribution in [2.45, 2.75) is 38.9 Å². The molecule has 0 aliphatic heterocycles. The lowest BCUT2D eigenvalue weighted by Gasteiger charge is -2.35. The first kappa shape index (κ1) is 15.3. The summed E-state index contributed by atoms with van der Waals surface area (Å²) in [5.41, 5.74) is -0.633. The van der Waals surface area contributed by atoms with Crippen molar-refractivity contribution < 1.29 is 19.1 Å². The summed E-state index contributed by atoms with van der Waals surface area (Å²) in [6, 6.07) is 0. The summed E-state index contributed by atoms with van der Waals surface area (Å²) in [6.07, 6.45) is 2.50. The van der Waals surface area contributed by atoms with Crippen molar-refractivity contribution in [2.75, 3.05) is 0 Å². The SMILES string of the molecule is CC(C)(C)[Si](C)(C)OC(=O)c1nccnc1C(=O)O. The second-order valence-electron chi connectivity index (χ2n) is 5.71. The molecule has 1 rings (SSSR count). The molecule has 0 saturated heterocycles. The lowest BCUT2D eigenvalue weighted by Crippen LogP contribution is -2.43. The second-order valence-corrected chi connectivity index (χ2v) is 10.4. The van der Waals surface area contributed by atoms with Gasteiger partial charge in [0.25, 0.3) is 8.32 Å². The molecule has 0 aliphatic rings. The smallest absolute Gasteiger partial charge is 0.357 e. The Bertz CT molecular complexity index is 509. The van der Waals surface area contributed by atoms with E-state index in [-0.39, 0.29) is 16.4 Å². The zero-order valence-corrected chi connectivity index (χ0v) is 12.7. The molecule has 1 aromatic rings. The van der Waals surface area contributed by atoms with E-state index < -0.39 is 20.3 Å². The molecule has 0 spiro atoms. The summed E-state index contributed by atoms with van der Waals surface area (Å²) < 4.78 is 5.51. The number of rotatable bonds is 3. The fourth-order valence-electron chi connectivity index (χ4n) is 1.08. The lowest BCUT2D eigenvalue weighted by atomic mass is 10.2. The molecule has 0 atom stereocenters. The number of carboxylic acid groups (broad SMARTS) is 1. The molecular formula is C12H18N2O4Si. The number of carbonyl (C=O) groups excluding carboxylic acids is 1. The quantitative estimate of drug-likeness (QED) is 0.856. The molecule has 0 saturated carbocycles. The summed E-state index contributed by atoms with van der Waals surface area (Å²) >= 11 is 0. The maximum absolute atomic E-state index is 12.1. The summed E-state index contributed by atoms with van der Waals surface area (Å²) in [6.45, 7) is 9.77. The van der Waals surface area contributed by atoms with Crippen molar-refractivity contribution in [3.63, 3.8) is 0 Å². The number of carboxylic acids is 1. The summed E-state index contributed by atoms with van der Waals surface area (Å²) in [5.74, 6) is -2.02. The molecule has 6 nitrogen and oxygen atoms in total. The molecule has 7 heteroatoms. The molecule has 1 aromatic heterocycles. The molecule has 104 valence electrons. The van der Waals surface area contributed by atoms with Gasteiger partial charge in [0.15, 0.2) is 11.4 Å². The second kappa shape index (κ2) is 5.08. The summed E-state index contributed by atoms with van der Waals surface area (Å²) in [7, 11) is -2.32. The minimum absolute atomic E-state index is 0.158. The van der Waals surface area contributed by atoms with Crippen LogP contribution in [0.3, 0.4) is 0 Å². The Balaban J connectivity index is 3.07. The fourth-order valence-corrected chi connectivity index (χ4v) is 1.94. The molecular weight excluding hydrogens is 264 g/mol. The molecule has 1 N–H and O–H groups in total. The Kier molecular flexibility index (Phi) is 4.09. The Hall–Kier alpha value is -1.76. The third-order valence-corrected chi connectivity index (χ3v) is 7.56. The number of hydrogen-bond acceptors (Lipinski definition) is 5. The maximum Gasteiger partial charge on any atom is 0.357 e. The highest BCUT2D eigenvalue weighted by Crippen LogP contribution is 2.37. The first-order chi connectivity index (χ1) is 8.56. The van der Waals surface area contributed by atoms with Crippen LogP contribution in [0.2, 0.25) is 18.1 Å². The van der Waals surface area contributed by atoms with Gasteiger partial charge in [-0.25, -0.2) is 19.6 Å². The lowest BCUT2D eigenvalue weighted by molar-refractivity contribution is 0.0649. The van der Waals surface area contributed by atoms with Gasteiger partial charge < -0.3 is 9.53 Å². The fraction of sp³-hybridized carbons (Fsp3) is 0.500. The molecule has 0 unspecified atom stereocenters. The average molecular weight is 282 g/mol. The van der Waals surface area contributed by atoms with Gasteiger partial charge in [-0.15, -0.1) is 0 Å². The van der Waals surface area contributed by atoms with E-state index in [4.69, 9.17) is 9.53 Å². The minimum Gasteiger partial charge on any atom is -0.514 e. The van der Waals surface area contributed by atoms with Gasteiger partial charge in [-0.05, 0) is 18.1 Å². The molecule has 0 bridgehead atoms. The van der Waals surface area contributed by atoms with Crippen molar-refractivity contribution in [1.29, 1.82) is 0 Å². The van der Waals surface area contributed by atoms with Crippen LogP contribution in [0.1, 0.15) is 41.7 Å². The minimum atomic E-state index is -2.32. The van der Waals surface area contributed by atoms with Crippen LogP contribution in [-0.2, 0) is 4.43 Å². The van der Waals surface area contributed by atoms with E-state index in [2.05, 4.69) is 9.97 Å². The van der Waals surface area contributed by atoms with Crippen molar-refractivity contribution in [3.05, 3.63) is 23.8 Å². The van der Waals surface area contributed by atoms with Gasteiger partial charge in [-0.2, -0.15) is 0 Å². The summed E-state index contributed by atoms with van der Waals surface area (Å²) in [4.78, 5) is 30.5. The van der Waals surface area contributed by atoms with Gasteiger partial charge in [0, 0.05) is 12.4 Å². The normalized spacial score (nSPS) is 12.1. The van der Waals surface area contributed by atoms with E-state index >= 15 is 0 Å². The molecule has 0 aromatic carbocycles. The number of carbonyl (C=O) groups is 2. The Morgan fingerprint density at radius 2 is 1.63 bits per heavy atom. The van der Waals surface area contributed by atoms with E-state index in [9.17, 15) is 9.59 Å². The van der Waals surface area contributed by atoms with Gasteiger partial charge in [-0.1, -0.05) is 20.8 Å². The van der Waals surface area contributed by atoms with Crippen LogP contribution in [0.4, 0.5) is 0 Å². The first-order valence-corrected chi connectivity index (χ1v) is 8.75. The number of aromatic nitrogens is 2. The van der Waals surface area contributed by atoms with Crippen LogP contribution in [0.5, 0.6) is 0 Å². The molecule has 1 heterocycles. The van der Waals surface area contributed by atoms with E-state index in [1.165, 1.54) is 12.4 Å². The molecule has 0 fully saturated rings. The van der Waals surface area contributed by atoms with Gasteiger partial charge in [-0.3, -0.25) is 0 Å². The molecule has 0 aliphatic carbocycles. The third kappa shape index (κ3) is 3.37. The van der Waals surface area contributed by atoms with Crippen molar-refractivity contribution in [1.82, 2.24) is 9.97 Å². The van der Waals surface area contributed by atoms with Crippen LogP contribution in [0.25, 0.3) is 0 Å². The van der Waals surface area contributed by atoms with Gasteiger partial charge in [0.1, 0.15) is 0 Å². The number of nitrogens with zero attached hydrogens (tertiary/aromatic N) is 2. The number of hydrogen-bond donors (Lipinski definition) is 1. The van der Waals surface area contributed by atoms with E-state index in [1.807, 2.05) is 33.9 Å². The third-order valence-electron chi connectivity index (χ3n) is 3.25. The van der Waals surface area contributed by atoms with Crippen LogP contribution in [0, 0.1) is 0 Å². The van der Waals surface area contributed by atoms with Crippen molar-refractivity contribution in [2.24, 2.45) is 0 Å². The predicted octanol–water partition coefficient (Wildman–Crippen LogP) is 2.34. The highest BCUT2D eigenvalue weighted by molar-refractivity contribution is 6.75. The van der Waals surface area contributed by atoms with E-state index in [0.29, 0.717) is 0 Å². The van der Waals surface area contributed by atoms with Gasteiger partial charge in [0.2, 0.25) is 0 Å². The topological polar surface area (TPSA) is 89.4 Å². The molecule has 0 radical (unpaired) electrons. The Morgan fingerprint density at radius 1 is 1.16 bits per heavy atom. The maximum atomic E-state index is 12.1. The molecule has 19 heavy (non-hydrogen) atoms. The van der Waals surface area contributed by atoms with Crippen LogP contribution >= 0.6 is 0 Å². The van der Waals surface area contributed by atoms with Crippen molar-refractivity contribution in [3.8, 4) is 0 Å². The van der Waals surface area contributed by atoms with E-state index in [1.54, 1.807) is 0 Å². The highest BCUT2D eigenvalue weighted by Gasteiger charge is 2.41. The first-order valence-electron chi connectivity index (χ1n) is 5.84. The van der Waals surface area contributed by atoms with Gasteiger partial charge in [0.05, 0.1) is 0 Å². The molecule has 0 amide bonds. The van der Waals surface area contributed by atoms with Crippen LogP contribution in [-0.4, -0.2) is 35.3 Å². The van der Waals surface area contributed by atoms with E-state index in [0.717, 1.165) is 0 Å². The average Bonchev–Trinajstić information content (AvgIpc) is 2.26. The zero-order chi connectivity index (χ0) is 14.8. The zero-order valence-electron chi connectivity index (χ0n) is 11.7. The number of aromatic carboxylic acids is 1.